The largest absolute Gasteiger partial charge is 0.390 e. The van der Waals surface area contributed by atoms with Crippen molar-refractivity contribution in [3.63, 3.8) is 0 Å². The van der Waals surface area contributed by atoms with Crippen LogP contribution in [0.4, 0.5) is 0 Å². The van der Waals surface area contributed by atoms with Gasteiger partial charge in [0.25, 0.3) is 0 Å². The van der Waals surface area contributed by atoms with Gasteiger partial charge in [-0.15, -0.1) is 0 Å². The Morgan fingerprint density at radius 2 is 1.47 bits per heavy atom. The lowest BCUT2D eigenvalue weighted by Gasteiger charge is -2.46. The van der Waals surface area contributed by atoms with Crippen molar-refractivity contribution in [1.29, 1.82) is 0 Å². The summed E-state index contributed by atoms with van der Waals surface area (Å²) in [5.74, 6) is 0.00254. The average molecular weight is 246 g/mol. The number of hydrazine groups is 1. The average Bonchev–Trinajstić information content (AvgIpc) is 2.29. The molecule has 0 aliphatic carbocycles. The number of β-amino-alcohol motifs (C(OH)–C–C–N with tert-alkyl or cyclic N) is 2. The summed E-state index contributed by atoms with van der Waals surface area (Å²) in [6.45, 7) is 4.01. The molecule has 5 unspecified atom stereocenters. The van der Waals surface area contributed by atoms with Gasteiger partial charge in [-0.3, -0.25) is 0 Å². The third-order valence-corrected chi connectivity index (χ3v) is 3.80. The van der Waals surface area contributed by atoms with E-state index in [1.54, 1.807) is 0 Å². The van der Waals surface area contributed by atoms with Crippen LogP contribution in [-0.4, -0.2) is 81.0 Å². The Labute approximate surface area is 101 Å². The van der Waals surface area contributed by atoms with Gasteiger partial charge in [0.05, 0.1) is 24.4 Å². The minimum absolute atomic E-state index is 0.00254. The molecule has 2 fully saturated rings. The SMILES string of the molecule is CC1CN(N2CCC(O)C(O)C2)CC(O)C1O. The van der Waals surface area contributed by atoms with Crippen LogP contribution in [0.5, 0.6) is 0 Å². The van der Waals surface area contributed by atoms with E-state index in [1.807, 2.05) is 16.9 Å². The number of hydrogen-bond donors (Lipinski definition) is 4. The summed E-state index contributed by atoms with van der Waals surface area (Å²) in [5, 5.41) is 42.4. The minimum atomic E-state index is -0.747. The summed E-state index contributed by atoms with van der Waals surface area (Å²) < 4.78 is 0. The van der Waals surface area contributed by atoms with Crippen molar-refractivity contribution in [2.75, 3.05) is 26.2 Å². The fourth-order valence-electron chi connectivity index (χ4n) is 2.61. The van der Waals surface area contributed by atoms with E-state index in [-0.39, 0.29) is 5.92 Å². The lowest BCUT2D eigenvalue weighted by molar-refractivity contribution is -0.169. The molecule has 17 heavy (non-hydrogen) atoms. The summed E-state index contributed by atoms with van der Waals surface area (Å²) >= 11 is 0. The maximum Gasteiger partial charge on any atom is 0.0942 e. The van der Waals surface area contributed by atoms with Crippen LogP contribution in [0.2, 0.25) is 0 Å². The van der Waals surface area contributed by atoms with E-state index in [4.69, 9.17) is 0 Å². The molecule has 0 radical (unpaired) electrons. The summed E-state index contributed by atoms with van der Waals surface area (Å²) in [4.78, 5) is 0. The van der Waals surface area contributed by atoms with E-state index in [0.29, 0.717) is 32.6 Å². The van der Waals surface area contributed by atoms with Crippen LogP contribution >= 0.6 is 0 Å². The number of nitrogens with zero attached hydrogens (tertiary/aromatic N) is 2. The molecule has 0 bridgehead atoms. The molecule has 0 aromatic rings. The number of piperidine rings is 2. The zero-order chi connectivity index (χ0) is 12.6. The predicted octanol–water partition coefficient (Wildman–Crippen LogP) is -2.00. The highest BCUT2D eigenvalue weighted by Crippen LogP contribution is 2.21. The fourth-order valence-corrected chi connectivity index (χ4v) is 2.61. The third-order valence-electron chi connectivity index (χ3n) is 3.80. The van der Waals surface area contributed by atoms with Gasteiger partial charge in [-0.2, -0.15) is 0 Å². The van der Waals surface area contributed by atoms with Crippen molar-refractivity contribution in [1.82, 2.24) is 10.0 Å². The Balaban J connectivity index is 1.94. The van der Waals surface area contributed by atoms with Crippen LogP contribution in [0.1, 0.15) is 13.3 Å². The predicted molar refractivity (Wildman–Crippen MR) is 61.0 cm³/mol. The second kappa shape index (κ2) is 5.17. The molecule has 4 N–H and O–H groups in total. The molecule has 6 heteroatoms. The van der Waals surface area contributed by atoms with Crippen molar-refractivity contribution in [3.05, 3.63) is 0 Å². The quantitative estimate of drug-likeness (QED) is 0.428. The molecule has 2 rings (SSSR count). The molecule has 0 spiro atoms. The summed E-state index contributed by atoms with van der Waals surface area (Å²) in [6, 6.07) is 0. The first-order valence-corrected chi connectivity index (χ1v) is 6.21. The molecule has 2 saturated heterocycles. The van der Waals surface area contributed by atoms with Gasteiger partial charge in [0, 0.05) is 26.2 Å². The van der Waals surface area contributed by atoms with Gasteiger partial charge < -0.3 is 20.4 Å². The van der Waals surface area contributed by atoms with Gasteiger partial charge in [0.1, 0.15) is 0 Å². The fraction of sp³-hybridized carbons (Fsp3) is 1.00. The Morgan fingerprint density at radius 3 is 2.06 bits per heavy atom. The van der Waals surface area contributed by atoms with Gasteiger partial charge in [-0.05, 0) is 12.3 Å². The van der Waals surface area contributed by atoms with Crippen LogP contribution in [0, 0.1) is 5.92 Å². The number of aliphatic hydroxyl groups is 4. The molecule has 0 aromatic heterocycles. The van der Waals surface area contributed by atoms with E-state index in [9.17, 15) is 20.4 Å². The molecule has 2 heterocycles. The summed E-state index contributed by atoms with van der Waals surface area (Å²) in [5.41, 5.74) is 0. The molecule has 2 aliphatic heterocycles. The normalized spacial score (nSPS) is 46.1. The highest BCUT2D eigenvalue weighted by molar-refractivity contribution is 4.86. The molecule has 6 nitrogen and oxygen atoms in total. The summed E-state index contributed by atoms with van der Waals surface area (Å²) in [7, 11) is 0. The molecule has 0 amide bonds. The van der Waals surface area contributed by atoms with E-state index in [1.165, 1.54) is 0 Å². The molecular formula is C11H22N2O4. The van der Waals surface area contributed by atoms with E-state index in [0.717, 1.165) is 0 Å². The Morgan fingerprint density at radius 1 is 0.824 bits per heavy atom. The van der Waals surface area contributed by atoms with Crippen molar-refractivity contribution in [2.45, 2.75) is 37.8 Å². The van der Waals surface area contributed by atoms with Crippen LogP contribution in [0.25, 0.3) is 0 Å². The first kappa shape index (κ1) is 13.2. The molecule has 0 saturated carbocycles. The van der Waals surface area contributed by atoms with E-state index >= 15 is 0 Å². The topological polar surface area (TPSA) is 87.4 Å². The van der Waals surface area contributed by atoms with Gasteiger partial charge in [-0.25, -0.2) is 10.0 Å². The van der Waals surface area contributed by atoms with Crippen LogP contribution in [-0.2, 0) is 0 Å². The minimum Gasteiger partial charge on any atom is -0.390 e. The zero-order valence-electron chi connectivity index (χ0n) is 10.1. The highest BCUT2D eigenvalue weighted by atomic mass is 16.3. The van der Waals surface area contributed by atoms with Crippen LogP contribution in [0.15, 0.2) is 0 Å². The molecular weight excluding hydrogens is 224 g/mol. The first-order chi connectivity index (χ1) is 7.99. The molecule has 5 atom stereocenters. The van der Waals surface area contributed by atoms with Crippen molar-refractivity contribution in [3.8, 4) is 0 Å². The molecule has 100 valence electrons. The Hall–Kier alpha value is -0.240. The maximum atomic E-state index is 9.74. The van der Waals surface area contributed by atoms with Crippen LogP contribution in [0.3, 0.4) is 0 Å². The lowest BCUT2D eigenvalue weighted by atomic mass is 9.95. The summed E-state index contributed by atoms with van der Waals surface area (Å²) in [6.07, 6.45) is -2.27. The van der Waals surface area contributed by atoms with Crippen molar-refractivity contribution >= 4 is 0 Å². The Bertz CT molecular complexity index is 254. The molecule has 2 aliphatic rings. The zero-order valence-corrected chi connectivity index (χ0v) is 10.1. The maximum absolute atomic E-state index is 9.74. The van der Waals surface area contributed by atoms with Crippen molar-refractivity contribution in [2.24, 2.45) is 5.92 Å². The highest BCUT2D eigenvalue weighted by Gasteiger charge is 2.37. The van der Waals surface area contributed by atoms with Gasteiger partial charge >= 0.3 is 0 Å². The first-order valence-electron chi connectivity index (χ1n) is 6.21. The molecule has 0 aromatic carbocycles. The second-order valence-corrected chi connectivity index (χ2v) is 5.24. The van der Waals surface area contributed by atoms with Gasteiger partial charge in [0.2, 0.25) is 0 Å². The second-order valence-electron chi connectivity index (χ2n) is 5.24. The van der Waals surface area contributed by atoms with Crippen molar-refractivity contribution < 1.29 is 20.4 Å². The Kier molecular flexibility index (Phi) is 4.02. The smallest absolute Gasteiger partial charge is 0.0942 e. The van der Waals surface area contributed by atoms with Gasteiger partial charge in [0.15, 0.2) is 0 Å². The number of hydrogen-bond acceptors (Lipinski definition) is 6. The number of rotatable bonds is 1. The standard InChI is InChI=1S/C11H22N2O4/c1-7-4-13(6-10(16)11(7)17)12-3-2-8(14)9(15)5-12/h7-11,14-17H,2-6H2,1H3. The third kappa shape index (κ3) is 2.78. The monoisotopic (exact) mass is 246 g/mol. The van der Waals surface area contributed by atoms with E-state index in [2.05, 4.69) is 0 Å². The van der Waals surface area contributed by atoms with Crippen LogP contribution < -0.4 is 0 Å². The lowest BCUT2D eigenvalue weighted by Crippen LogP contribution is -2.61. The number of aliphatic hydroxyl groups excluding tert-OH is 4. The van der Waals surface area contributed by atoms with Gasteiger partial charge in [-0.1, -0.05) is 6.92 Å². The van der Waals surface area contributed by atoms with E-state index < -0.39 is 24.4 Å².